The minimum absolute atomic E-state index is 0.0298. The Bertz CT molecular complexity index is 463. The van der Waals surface area contributed by atoms with E-state index in [9.17, 15) is 9.59 Å². The molecular formula is C14H19ClN2O2S. The van der Waals surface area contributed by atoms with Gasteiger partial charge in [0.15, 0.2) is 0 Å². The molecule has 0 spiro atoms. The second kappa shape index (κ2) is 8.17. The van der Waals surface area contributed by atoms with Crippen molar-refractivity contribution in [2.75, 3.05) is 12.3 Å². The van der Waals surface area contributed by atoms with Crippen LogP contribution < -0.4 is 5.73 Å². The number of primary amides is 1. The van der Waals surface area contributed by atoms with Crippen LogP contribution in [0.1, 0.15) is 19.4 Å². The molecule has 0 saturated carbocycles. The number of hydrogen-bond acceptors (Lipinski definition) is 3. The molecule has 0 aromatic heterocycles. The lowest BCUT2D eigenvalue weighted by Crippen LogP contribution is -2.43. The summed E-state index contributed by atoms with van der Waals surface area (Å²) in [5.74, 6) is 0.493. The van der Waals surface area contributed by atoms with Gasteiger partial charge < -0.3 is 10.6 Å². The minimum Gasteiger partial charge on any atom is -0.368 e. The van der Waals surface area contributed by atoms with Gasteiger partial charge in [0.2, 0.25) is 11.8 Å². The van der Waals surface area contributed by atoms with Crippen LogP contribution in [0.2, 0.25) is 5.02 Å². The first-order chi connectivity index (χ1) is 9.40. The second-order valence-electron chi connectivity index (χ2n) is 4.70. The van der Waals surface area contributed by atoms with E-state index < -0.39 is 5.91 Å². The Hall–Kier alpha value is -1.20. The molecule has 1 aromatic rings. The first kappa shape index (κ1) is 16.9. The first-order valence-electron chi connectivity index (χ1n) is 6.30. The summed E-state index contributed by atoms with van der Waals surface area (Å²) < 4.78 is 0. The molecule has 0 atom stereocenters. The molecule has 1 aromatic carbocycles. The zero-order chi connectivity index (χ0) is 15.1. The largest absolute Gasteiger partial charge is 0.368 e. The Morgan fingerprint density at radius 2 is 1.90 bits per heavy atom. The fraction of sp³-hybridized carbons (Fsp3) is 0.429. The van der Waals surface area contributed by atoms with E-state index in [-0.39, 0.29) is 18.5 Å². The molecule has 0 saturated heterocycles. The van der Waals surface area contributed by atoms with Crippen LogP contribution in [0.4, 0.5) is 0 Å². The van der Waals surface area contributed by atoms with Crippen molar-refractivity contribution in [3.63, 3.8) is 0 Å². The topological polar surface area (TPSA) is 63.4 Å². The Kier molecular flexibility index (Phi) is 6.88. The van der Waals surface area contributed by atoms with Gasteiger partial charge in [0, 0.05) is 16.8 Å². The van der Waals surface area contributed by atoms with Crippen LogP contribution in [0.3, 0.4) is 0 Å². The van der Waals surface area contributed by atoms with E-state index in [0.29, 0.717) is 10.8 Å². The van der Waals surface area contributed by atoms with Gasteiger partial charge in [-0.2, -0.15) is 0 Å². The van der Waals surface area contributed by atoms with Crippen molar-refractivity contribution >= 4 is 35.2 Å². The van der Waals surface area contributed by atoms with E-state index in [1.54, 1.807) is 0 Å². The van der Waals surface area contributed by atoms with Gasteiger partial charge in [-0.05, 0) is 31.5 Å². The Morgan fingerprint density at radius 1 is 1.30 bits per heavy atom. The summed E-state index contributed by atoms with van der Waals surface area (Å²) >= 11 is 7.32. The highest BCUT2D eigenvalue weighted by Gasteiger charge is 2.18. The van der Waals surface area contributed by atoms with E-state index in [1.807, 2.05) is 38.1 Å². The van der Waals surface area contributed by atoms with Gasteiger partial charge in [-0.3, -0.25) is 9.59 Å². The number of hydrogen-bond donors (Lipinski definition) is 1. The quantitative estimate of drug-likeness (QED) is 0.840. The predicted molar refractivity (Wildman–Crippen MR) is 83.7 cm³/mol. The van der Waals surface area contributed by atoms with Crippen molar-refractivity contribution in [1.29, 1.82) is 0 Å². The van der Waals surface area contributed by atoms with Crippen LogP contribution in [-0.2, 0) is 15.3 Å². The van der Waals surface area contributed by atoms with Crippen molar-refractivity contribution in [3.8, 4) is 0 Å². The SMILES string of the molecule is CC(C)N(CC(N)=O)C(=O)CSCc1ccc(Cl)cc1. The van der Waals surface area contributed by atoms with E-state index in [1.165, 1.54) is 16.7 Å². The second-order valence-corrected chi connectivity index (χ2v) is 6.12. The average Bonchev–Trinajstić information content (AvgIpc) is 2.37. The van der Waals surface area contributed by atoms with Crippen LogP contribution in [0.15, 0.2) is 24.3 Å². The third kappa shape index (κ3) is 5.84. The number of nitrogens with two attached hydrogens (primary N) is 1. The lowest BCUT2D eigenvalue weighted by atomic mass is 10.2. The Morgan fingerprint density at radius 3 is 2.40 bits per heavy atom. The zero-order valence-corrected chi connectivity index (χ0v) is 13.2. The lowest BCUT2D eigenvalue weighted by Gasteiger charge is -2.25. The molecule has 0 aliphatic carbocycles. The van der Waals surface area contributed by atoms with Crippen molar-refractivity contribution in [2.45, 2.75) is 25.6 Å². The minimum atomic E-state index is -0.491. The van der Waals surface area contributed by atoms with Crippen LogP contribution in [-0.4, -0.2) is 35.1 Å². The van der Waals surface area contributed by atoms with Crippen LogP contribution in [0, 0.1) is 0 Å². The van der Waals surface area contributed by atoms with E-state index in [4.69, 9.17) is 17.3 Å². The molecule has 20 heavy (non-hydrogen) atoms. The summed E-state index contributed by atoms with van der Waals surface area (Å²) in [6.45, 7) is 3.70. The van der Waals surface area contributed by atoms with Gasteiger partial charge in [0.05, 0.1) is 12.3 Å². The number of carbonyl (C=O) groups is 2. The summed E-state index contributed by atoms with van der Waals surface area (Å²) in [5.41, 5.74) is 6.26. The third-order valence-corrected chi connectivity index (χ3v) is 3.92. The average molecular weight is 315 g/mol. The molecule has 1 rings (SSSR count). The van der Waals surface area contributed by atoms with Crippen molar-refractivity contribution in [3.05, 3.63) is 34.9 Å². The molecule has 4 nitrogen and oxygen atoms in total. The van der Waals surface area contributed by atoms with Gasteiger partial charge in [0.25, 0.3) is 0 Å². The summed E-state index contributed by atoms with van der Waals surface area (Å²) in [6.07, 6.45) is 0. The summed E-state index contributed by atoms with van der Waals surface area (Å²) in [4.78, 5) is 24.5. The standard InChI is InChI=1S/C14H19ClN2O2S/c1-10(2)17(7-13(16)18)14(19)9-20-8-11-3-5-12(15)6-4-11/h3-6,10H,7-9H2,1-2H3,(H2,16,18). The number of thioether (sulfide) groups is 1. The highest BCUT2D eigenvalue weighted by atomic mass is 35.5. The number of carbonyl (C=O) groups excluding carboxylic acids is 2. The van der Waals surface area contributed by atoms with E-state index in [2.05, 4.69) is 0 Å². The summed E-state index contributed by atoms with van der Waals surface area (Å²) in [7, 11) is 0. The molecule has 0 aliphatic heterocycles. The fourth-order valence-electron chi connectivity index (χ4n) is 1.65. The number of benzene rings is 1. The number of nitrogens with zero attached hydrogens (tertiary/aromatic N) is 1. The molecule has 0 unspecified atom stereocenters. The predicted octanol–water partition coefficient (Wildman–Crippen LogP) is 2.30. The zero-order valence-electron chi connectivity index (χ0n) is 11.6. The molecule has 0 bridgehead atoms. The van der Waals surface area contributed by atoms with E-state index in [0.717, 1.165) is 11.3 Å². The van der Waals surface area contributed by atoms with Crippen molar-refractivity contribution in [2.24, 2.45) is 5.73 Å². The Balaban J connectivity index is 2.44. The number of amides is 2. The molecule has 2 amide bonds. The van der Waals surface area contributed by atoms with Gasteiger partial charge in [0.1, 0.15) is 0 Å². The van der Waals surface area contributed by atoms with Gasteiger partial charge in [-0.25, -0.2) is 0 Å². The molecule has 2 N–H and O–H groups in total. The van der Waals surface area contributed by atoms with Gasteiger partial charge in [-0.1, -0.05) is 23.7 Å². The summed E-state index contributed by atoms with van der Waals surface area (Å²) in [6, 6.07) is 7.48. The normalized spacial score (nSPS) is 10.6. The molecule has 0 aliphatic rings. The summed E-state index contributed by atoms with van der Waals surface area (Å²) in [5, 5.41) is 0.697. The van der Waals surface area contributed by atoms with Crippen LogP contribution in [0.25, 0.3) is 0 Å². The fourth-order valence-corrected chi connectivity index (χ4v) is 2.64. The lowest BCUT2D eigenvalue weighted by molar-refractivity contribution is -0.134. The smallest absolute Gasteiger partial charge is 0.237 e. The highest BCUT2D eigenvalue weighted by Crippen LogP contribution is 2.16. The van der Waals surface area contributed by atoms with Gasteiger partial charge in [-0.15, -0.1) is 11.8 Å². The Labute approximate surface area is 128 Å². The van der Waals surface area contributed by atoms with E-state index >= 15 is 0 Å². The highest BCUT2D eigenvalue weighted by molar-refractivity contribution is 7.99. The van der Waals surface area contributed by atoms with Crippen molar-refractivity contribution in [1.82, 2.24) is 4.90 Å². The third-order valence-electron chi connectivity index (χ3n) is 2.68. The maximum absolute atomic E-state index is 12.0. The molecule has 0 heterocycles. The number of rotatable bonds is 7. The molecule has 110 valence electrons. The maximum atomic E-state index is 12.0. The maximum Gasteiger partial charge on any atom is 0.237 e. The molecule has 0 fully saturated rings. The van der Waals surface area contributed by atoms with Gasteiger partial charge >= 0.3 is 0 Å². The number of halogens is 1. The molecular weight excluding hydrogens is 296 g/mol. The van der Waals surface area contributed by atoms with Crippen molar-refractivity contribution < 1.29 is 9.59 Å². The molecule has 6 heteroatoms. The molecule has 0 radical (unpaired) electrons. The monoisotopic (exact) mass is 314 g/mol. The van der Waals surface area contributed by atoms with Crippen LogP contribution >= 0.6 is 23.4 Å². The first-order valence-corrected chi connectivity index (χ1v) is 7.83. The van der Waals surface area contributed by atoms with Crippen LogP contribution in [0.5, 0.6) is 0 Å².